The van der Waals surface area contributed by atoms with Gasteiger partial charge in [0.2, 0.25) is 0 Å². The summed E-state index contributed by atoms with van der Waals surface area (Å²) in [6.45, 7) is 11.6. The maximum atomic E-state index is 5.31. The Morgan fingerprint density at radius 1 is 1.22 bits per heavy atom. The van der Waals surface area contributed by atoms with Gasteiger partial charge in [-0.25, -0.2) is 0 Å². The van der Waals surface area contributed by atoms with Crippen LogP contribution in [0.1, 0.15) is 52.9 Å². The molecule has 0 spiro atoms. The molecule has 0 heterocycles. The van der Waals surface area contributed by atoms with Crippen LogP contribution in [0.5, 0.6) is 0 Å². The molecule has 23 heavy (non-hydrogen) atoms. The largest absolute Gasteiger partial charge is 0.385 e. The summed E-state index contributed by atoms with van der Waals surface area (Å²) in [7, 11) is 3.65. The maximum absolute atomic E-state index is 5.31. The fourth-order valence-electron chi connectivity index (χ4n) is 3.67. The summed E-state index contributed by atoms with van der Waals surface area (Å²) < 4.78 is 5.31. The number of nitrogens with zero attached hydrogens (tertiary/aromatic N) is 2. The molecule has 1 atom stereocenters. The van der Waals surface area contributed by atoms with E-state index in [-0.39, 0.29) is 0 Å². The van der Waals surface area contributed by atoms with Gasteiger partial charge in [0.25, 0.3) is 0 Å². The number of ether oxygens (including phenoxy) is 1. The lowest BCUT2D eigenvalue weighted by atomic mass is 9.83. The van der Waals surface area contributed by atoms with Crippen molar-refractivity contribution in [3.63, 3.8) is 0 Å². The van der Waals surface area contributed by atoms with Crippen molar-refractivity contribution < 1.29 is 4.74 Å². The minimum atomic E-state index is 0.387. The standard InChI is InChI=1S/C18H38N4O/c1-6-22(7-2)16(3)14-20-17(19-4)21-15-18(12-13-23-5)10-8-9-11-18/h16H,6-15H2,1-5H3,(H2,19,20,21). The molecule has 1 unspecified atom stereocenters. The normalized spacial score (nSPS) is 19.1. The van der Waals surface area contributed by atoms with Crippen molar-refractivity contribution in [2.24, 2.45) is 10.4 Å². The first-order valence-corrected chi connectivity index (χ1v) is 9.28. The van der Waals surface area contributed by atoms with E-state index in [9.17, 15) is 0 Å². The first-order chi connectivity index (χ1) is 11.1. The predicted molar refractivity (Wildman–Crippen MR) is 99.1 cm³/mol. The van der Waals surface area contributed by atoms with E-state index < -0.39 is 0 Å². The van der Waals surface area contributed by atoms with Gasteiger partial charge >= 0.3 is 0 Å². The lowest BCUT2D eigenvalue weighted by Crippen LogP contribution is -2.48. The van der Waals surface area contributed by atoms with Crippen molar-refractivity contribution in [2.45, 2.75) is 58.9 Å². The quantitative estimate of drug-likeness (QED) is 0.478. The van der Waals surface area contributed by atoms with Crippen LogP contribution in [-0.4, -0.2) is 63.8 Å². The molecule has 0 saturated heterocycles. The molecule has 1 aliphatic carbocycles. The summed E-state index contributed by atoms with van der Waals surface area (Å²) in [5, 5.41) is 7.04. The summed E-state index contributed by atoms with van der Waals surface area (Å²) in [5.41, 5.74) is 0.387. The Morgan fingerprint density at radius 3 is 2.39 bits per heavy atom. The average Bonchev–Trinajstić information content (AvgIpc) is 3.03. The van der Waals surface area contributed by atoms with Crippen LogP contribution >= 0.6 is 0 Å². The third-order valence-electron chi connectivity index (χ3n) is 5.36. The maximum Gasteiger partial charge on any atom is 0.191 e. The van der Waals surface area contributed by atoms with Crippen LogP contribution in [0.2, 0.25) is 0 Å². The van der Waals surface area contributed by atoms with Gasteiger partial charge in [-0.3, -0.25) is 9.89 Å². The van der Waals surface area contributed by atoms with E-state index in [4.69, 9.17) is 4.74 Å². The van der Waals surface area contributed by atoms with E-state index in [1.807, 2.05) is 7.05 Å². The number of hydrogen-bond donors (Lipinski definition) is 2. The Labute approximate surface area is 143 Å². The molecule has 0 aliphatic heterocycles. The van der Waals surface area contributed by atoms with Gasteiger partial charge in [-0.05, 0) is 44.7 Å². The first kappa shape index (κ1) is 20.2. The highest BCUT2D eigenvalue weighted by Crippen LogP contribution is 2.40. The Bertz CT molecular complexity index is 336. The summed E-state index contributed by atoms with van der Waals surface area (Å²) in [4.78, 5) is 6.84. The Balaban J connectivity index is 2.43. The molecule has 136 valence electrons. The third-order valence-corrected chi connectivity index (χ3v) is 5.36. The fraction of sp³-hybridized carbons (Fsp3) is 0.944. The Morgan fingerprint density at radius 2 is 1.87 bits per heavy atom. The van der Waals surface area contributed by atoms with Crippen LogP contribution in [0, 0.1) is 5.41 Å². The van der Waals surface area contributed by atoms with Gasteiger partial charge in [0, 0.05) is 39.9 Å². The van der Waals surface area contributed by atoms with Crippen molar-refractivity contribution in [1.82, 2.24) is 15.5 Å². The van der Waals surface area contributed by atoms with Gasteiger partial charge in [0.1, 0.15) is 0 Å². The number of likely N-dealkylation sites (N-methyl/N-ethyl adjacent to an activating group) is 1. The molecule has 5 nitrogen and oxygen atoms in total. The number of methoxy groups -OCH3 is 1. The van der Waals surface area contributed by atoms with E-state index in [1.54, 1.807) is 7.11 Å². The Hall–Kier alpha value is -0.810. The van der Waals surface area contributed by atoms with Gasteiger partial charge < -0.3 is 15.4 Å². The lowest BCUT2D eigenvalue weighted by molar-refractivity contribution is 0.138. The van der Waals surface area contributed by atoms with Crippen molar-refractivity contribution in [3.05, 3.63) is 0 Å². The van der Waals surface area contributed by atoms with Gasteiger partial charge in [-0.15, -0.1) is 0 Å². The number of hydrogen-bond acceptors (Lipinski definition) is 3. The van der Waals surface area contributed by atoms with Crippen molar-refractivity contribution in [2.75, 3.05) is 46.9 Å². The highest BCUT2D eigenvalue weighted by atomic mass is 16.5. The van der Waals surface area contributed by atoms with E-state index >= 15 is 0 Å². The first-order valence-electron chi connectivity index (χ1n) is 9.28. The molecule has 1 rings (SSSR count). The van der Waals surface area contributed by atoms with E-state index in [2.05, 4.69) is 41.3 Å². The minimum Gasteiger partial charge on any atom is -0.385 e. The average molecular weight is 327 g/mol. The van der Waals surface area contributed by atoms with Crippen LogP contribution in [0.25, 0.3) is 0 Å². The monoisotopic (exact) mass is 326 g/mol. The molecule has 0 aromatic carbocycles. The fourth-order valence-corrected chi connectivity index (χ4v) is 3.67. The number of guanidine groups is 1. The second-order valence-electron chi connectivity index (χ2n) is 6.83. The molecule has 2 N–H and O–H groups in total. The predicted octanol–water partition coefficient (Wildman–Crippen LogP) is 2.48. The van der Waals surface area contributed by atoms with Crippen molar-refractivity contribution in [1.29, 1.82) is 0 Å². The summed E-state index contributed by atoms with van der Waals surface area (Å²) in [6, 6.07) is 0.512. The third kappa shape index (κ3) is 6.68. The molecule has 1 aliphatic rings. The highest BCUT2D eigenvalue weighted by molar-refractivity contribution is 5.79. The molecule has 5 heteroatoms. The SMILES string of the molecule is CCN(CC)C(C)CNC(=NC)NCC1(CCOC)CCCC1. The smallest absolute Gasteiger partial charge is 0.191 e. The zero-order valence-corrected chi connectivity index (χ0v) is 16.0. The van der Waals surface area contributed by atoms with Crippen LogP contribution < -0.4 is 10.6 Å². The van der Waals surface area contributed by atoms with Crippen LogP contribution in [-0.2, 0) is 4.74 Å². The van der Waals surface area contributed by atoms with Gasteiger partial charge in [-0.1, -0.05) is 26.7 Å². The minimum absolute atomic E-state index is 0.387. The number of aliphatic imine (C=N–C) groups is 1. The summed E-state index contributed by atoms with van der Waals surface area (Å²) >= 11 is 0. The van der Waals surface area contributed by atoms with E-state index in [1.165, 1.54) is 25.7 Å². The van der Waals surface area contributed by atoms with Crippen molar-refractivity contribution >= 4 is 5.96 Å². The van der Waals surface area contributed by atoms with Gasteiger partial charge in [0.05, 0.1) is 0 Å². The van der Waals surface area contributed by atoms with Crippen LogP contribution in [0.4, 0.5) is 0 Å². The Kier molecular flexibility index (Phi) is 9.56. The summed E-state index contributed by atoms with van der Waals surface area (Å²) in [6.07, 6.45) is 6.43. The van der Waals surface area contributed by atoms with Gasteiger partial charge in [0.15, 0.2) is 5.96 Å². The number of nitrogens with one attached hydrogen (secondary N) is 2. The molecule has 0 aromatic rings. The lowest BCUT2D eigenvalue weighted by Gasteiger charge is -2.31. The molecule has 1 saturated carbocycles. The molecular formula is C18H38N4O. The van der Waals surface area contributed by atoms with Crippen LogP contribution in [0.3, 0.4) is 0 Å². The van der Waals surface area contributed by atoms with Crippen molar-refractivity contribution in [3.8, 4) is 0 Å². The molecule has 0 aromatic heterocycles. The summed E-state index contributed by atoms with van der Waals surface area (Å²) in [5.74, 6) is 0.924. The van der Waals surface area contributed by atoms with Gasteiger partial charge in [-0.2, -0.15) is 0 Å². The van der Waals surface area contributed by atoms with E-state index in [0.717, 1.165) is 45.2 Å². The zero-order valence-electron chi connectivity index (χ0n) is 16.0. The zero-order chi connectivity index (χ0) is 17.1. The molecule has 1 fully saturated rings. The second kappa shape index (κ2) is 10.9. The van der Waals surface area contributed by atoms with E-state index in [0.29, 0.717) is 11.5 Å². The number of rotatable bonds is 10. The highest BCUT2D eigenvalue weighted by Gasteiger charge is 2.33. The molecular weight excluding hydrogens is 288 g/mol. The second-order valence-corrected chi connectivity index (χ2v) is 6.83. The topological polar surface area (TPSA) is 48.9 Å². The van der Waals surface area contributed by atoms with Crippen LogP contribution in [0.15, 0.2) is 4.99 Å². The molecule has 0 amide bonds. The molecule has 0 bridgehead atoms. The molecule has 0 radical (unpaired) electrons.